The molecule has 0 aromatic heterocycles. The highest BCUT2D eigenvalue weighted by atomic mass is 15.1. The van der Waals surface area contributed by atoms with Crippen molar-refractivity contribution in [2.75, 3.05) is 26.7 Å². The molecule has 0 aliphatic rings. The normalized spacial score (nSPS) is 9.42. The molecule has 0 atom stereocenters. The molecule has 74 valence electrons. The van der Waals surface area contributed by atoms with Gasteiger partial charge < -0.3 is 10.6 Å². The summed E-state index contributed by atoms with van der Waals surface area (Å²) >= 11 is 0. The topological polar surface area (TPSA) is 41.6 Å². The lowest BCUT2D eigenvalue weighted by Gasteiger charge is -2.10. The van der Waals surface area contributed by atoms with E-state index in [9.17, 15) is 0 Å². The molecule has 0 saturated heterocycles. The van der Waals surface area contributed by atoms with Gasteiger partial charge in [-0.05, 0) is 19.9 Å². The van der Waals surface area contributed by atoms with Crippen molar-refractivity contribution in [3.63, 3.8) is 0 Å². The van der Waals surface area contributed by atoms with Gasteiger partial charge in [0.25, 0.3) is 0 Å². The van der Waals surface area contributed by atoms with Crippen molar-refractivity contribution >= 4 is 6.34 Å². The third-order valence-electron chi connectivity index (χ3n) is 1.18. The summed E-state index contributed by atoms with van der Waals surface area (Å²) in [4.78, 5) is 6.14. The molecule has 3 heteroatoms. The maximum atomic E-state index is 5.33. The molecule has 0 amide bonds. The van der Waals surface area contributed by atoms with Gasteiger partial charge in [0.1, 0.15) is 0 Å². The summed E-state index contributed by atoms with van der Waals surface area (Å²) in [5.41, 5.74) is 5.33. The first-order valence-corrected chi connectivity index (χ1v) is 4.71. The van der Waals surface area contributed by atoms with Crippen LogP contribution in [0.2, 0.25) is 0 Å². The lowest BCUT2D eigenvalue weighted by Crippen LogP contribution is -2.20. The molecule has 0 heterocycles. The van der Waals surface area contributed by atoms with E-state index in [0.717, 1.165) is 26.1 Å². The molecule has 0 saturated carbocycles. The van der Waals surface area contributed by atoms with Crippen molar-refractivity contribution in [1.82, 2.24) is 4.90 Å². The first-order valence-electron chi connectivity index (χ1n) is 4.71. The summed E-state index contributed by atoms with van der Waals surface area (Å²) in [6, 6.07) is 0. The molecule has 0 unspecified atom stereocenters. The third kappa shape index (κ3) is 12.1. The van der Waals surface area contributed by atoms with Crippen molar-refractivity contribution in [3.05, 3.63) is 0 Å². The highest BCUT2D eigenvalue weighted by molar-refractivity contribution is 5.54. The van der Waals surface area contributed by atoms with Crippen LogP contribution >= 0.6 is 0 Å². The lowest BCUT2D eigenvalue weighted by atomic mass is 10.4. The van der Waals surface area contributed by atoms with Gasteiger partial charge in [-0.2, -0.15) is 0 Å². The second-order valence-corrected chi connectivity index (χ2v) is 2.24. The molecular weight excluding hydrogens is 150 g/mol. The van der Waals surface area contributed by atoms with Gasteiger partial charge in [0.15, 0.2) is 0 Å². The highest BCUT2D eigenvalue weighted by Gasteiger charge is 1.87. The predicted octanol–water partition coefficient (Wildman–Crippen LogP) is 1.34. The molecular formula is C9H23N3. The van der Waals surface area contributed by atoms with E-state index in [0.29, 0.717) is 0 Å². The SMILES string of the molecule is CC.CCN=CN(C)CCCN. The average Bonchev–Trinajstić information content (AvgIpc) is 2.14. The molecule has 0 bridgehead atoms. The zero-order valence-corrected chi connectivity index (χ0v) is 8.88. The van der Waals surface area contributed by atoms with E-state index in [1.54, 1.807) is 0 Å². The van der Waals surface area contributed by atoms with Gasteiger partial charge in [-0.25, -0.2) is 0 Å². The highest BCUT2D eigenvalue weighted by Crippen LogP contribution is 1.80. The molecule has 0 spiro atoms. The molecule has 0 aliphatic heterocycles. The Kier molecular flexibility index (Phi) is 15.2. The van der Waals surface area contributed by atoms with Crippen LogP contribution in [0, 0.1) is 0 Å². The molecule has 0 aromatic rings. The van der Waals surface area contributed by atoms with Crippen LogP contribution in [0.25, 0.3) is 0 Å². The third-order valence-corrected chi connectivity index (χ3v) is 1.18. The van der Waals surface area contributed by atoms with Crippen molar-refractivity contribution in [1.29, 1.82) is 0 Å². The van der Waals surface area contributed by atoms with Crippen molar-refractivity contribution in [2.24, 2.45) is 10.7 Å². The second-order valence-electron chi connectivity index (χ2n) is 2.24. The minimum atomic E-state index is 0.754. The quantitative estimate of drug-likeness (QED) is 0.503. The monoisotopic (exact) mass is 173 g/mol. The van der Waals surface area contributed by atoms with Crippen LogP contribution in [-0.4, -0.2) is 37.9 Å². The van der Waals surface area contributed by atoms with E-state index in [1.807, 2.05) is 34.2 Å². The Morgan fingerprint density at radius 1 is 1.42 bits per heavy atom. The van der Waals surface area contributed by atoms with Gasteiger partial charge in [-0.3, -0.25) is 4.99 Å². The van der Waals surface area contributed by atoms with Gasteiger partial charge >= 0.3 is 0 Å². The van der Waals surface area contributed by atoms with Crippen molar-refractivity contribution in [3.8, 4) is 0 Å². The first kappa shape index (κ1) is 14.0. The fourth-order valence-corrected chi connectivity index (χ4v) is 0.619. The second kappa shape index (κ2) is 13.1. The van der Waals surface area contributed by atoms with E-state index in [1.165, 1.54) is 0 Å². The van der Waals surface area contributed by atoms with Gasteiger partial charge in [-0.15, -0.1) is 0 Å². The van der Waals surface area contributed by atoms with Gasteiger partial charge in [0, 0.05) is 20.1 Å². The van der Waals surface area contributed by atoms with Crippen LogP contribution in [0.4, 0.5) is 0 Å². The average molecular weight is 173 g/mol. The smallest absolute Gasteiger partial charge is 0.0847 e. The van der Waals surface area contributed by atoms with E-state index < -0.39 is 0 Å². The van der Waals surface area contributed by atoms with E-state index >= 15 is 0 Å². The lowest BCUT2D eigenvalue weighted by molar-refractivity contribution is 0.504. The summed E-state index contributed by atoms with van der Waals surface area (Å²) in [6.07, 6.45) is 2.89. The molecule has 2 N–H and O–H groups in total. The fourth-order valence-electron chi connectivity index (χ4n) is 0.619. The van der Waals surface area contributed by atoms with E-state index in [2.05, 4.69) is 9.89 Å². The number of hydrogen-bond acceptors (Lipinski definition) is 2. The number of rotatable bonds is 5. The predicted molar refractivity (Wildman–Crippen MR) is 56.7 cm³/mol. The minimum Gasteiger partial charge on any atom is -0.366 e. The standard InChI is InChI=1S/C7H17N3.C2H6/c1-3-9-7-10(2)6-4-5-8;1-2/h7H,3-6,8H2,1-2H3;1-2H3. The molecule has 0 radical (unpaired) electrons. The Hall–Kier alpha value is -0.570. The maximum absolute atomic E-state index is 5.33. The van der Waals surface area contributed by atoms with Crippen LogP contribution in [0.15, 0.2) is 4.99 Å². The summed E-state index contributed by atoms with van der Waals surface area (Å²) in [5, 5.41) is 0. The number of nitrogens with zero attached hydrogens (tertiary/aromatic N) is 2. The van der Waals surface area contributed by atoms with Crippen LogP contribution < -0.4 is 5.73 Å². The number of nitrogens with two attached hydrogens (primary N) is 1. The van der Waals surface area contributed by atoms with Crippen LogP contribution in [-0.2, 0) is 0 Å². The molecule has 0 rings (SSSR count). The van der Waals surface area contributed by atoms with Crippen LogP contribution in [0.1, 0.15) is 27.2 Å². The van der Waals surface area contributed by atoms with Gasteiger partial charge in [-0.1, -0.05) is 13.8 Å². The molecule has 3 nitrogen and oxygen atoms in total. The zero-order chi connectivity index (χ0) is 9.82. The number of hydrogen-bond donors (Lipinski definition) is 1. The van der Waals surface area contributed by atoms with Crippen molar-refractivity contribution in [2.45, 2.75) is 27.2 Å². The fraction of sp³-hybridized carbons (Fsp3) is 0.889. The van der Waals surface area contributed by atoms with Gasteiger partial charge in [0.2, 0.25) is 0 Å². The van der Waals surface area contributed by atoms with E-state index in [-0.39, 0.29) is 0 Å². The Bertz CT molecular complexity index is 91.8. The Morgan fingerprint density at radius 2 is 2.00 bits per heavy atom. The summed E-state index contributed by atoms with van der Waals surface area (Å²) < 4.78 is 0. The molecule has 0 aromatic carbocycles. The Morgan fingerprint density at radius 3 is 2.42 bits per heavy atom. The van der Waals surface area contributed by atoms with Crippen molar-refractivity contribution < 1.29 is 0 Å². The van der Waals surface area contributed by atoms with Crippen LogP contribution in [0.5, 0.6) is 0 Å². The summed E-state index contributed by atoms with van der Waals surface area (Å²) in [5.74, 6) is 0. The van der Waals surface area contributed by atoms with Gasteiger partial charge in [0.05, 0.1) is 6.34 Å². The molecule has 0 aliphatic carbocycles. The minimum absolute atomic E-state index is 0.754. The largest absolute Gasteiger partial charge is 0.366 e. The summed E-state index contributed by atoms with van der Waals surface area (Å²) in [7, 11) is 2.01. The first-order chi connectivity index (χ1) is 5.81. The maximum Gasteiger partial charge on any atom is 0.0847 e. The molecule has 12 heavy (non-hydrogen) atoms. The summed E-state index contributed by atoms with van der Waals surface area (Å²) in [6.45, 7) is 8.63. The molecule has 0 fully saturated rings. The van der Waals surface area contributed by atoms with Crippen LogP contribution in [0.3, 0.4) is 0 Å². The Balaban J connectivity index is 0. The zero-order valence-electron chi connectivity index (χ0n) is 8.88. The van der Waals surface area contributed by atoms with E-state index in [4.69, 9.17) is 5.73 Å². The Labute approximate surface area is 76.7 Å². The number of aliphatic imine (C=N–C) groups is 1.